The molecule has 3 aromatic carbocycles. The Kier molecular flexibility index (Phi) is 11.0. The summed E-state index contributed by atoms with van der Waals surface area (Å²) in [6.45, 7) is 5.35. The van der Waals surface area contributed by atoms with E-state index in [1.807, 2.05) is 13.8 Å². The molecule has 0 aliphatic heterocycles. The van der Waals surface area contributed by atoms with Crippen LogP contribution >= 0.6 is 23.2 Å². The predicted octanol–water partition coefficient (Wildman–Crippen LogP) is 5.91. The molecule has 0 aliphatic carbocycles. The Bertz CT molecular complexity index is 1420. The van der Waals surface area contributed by atoms with E-state index in [4.69, 9.17) is 23.2 Å². The first kappa shape index (κ1) is 31.4. The van der Waals surface area contributed by atoms with E-state index in [0.717, 1.165) is 4.31 Å². The van der Waals surface area contributed by atoms with Gasteiger partial charge >= 0.3 is 0 Å². The Hall–Kier alpha value is -3.14. The molecule has 7 nitrogen and oxygen atoms in total. The molecular formula is C29H32Cl2FN3O4S. The lowest BCUT2D eigenvalue weighted by atomic mass is 10.1. The van der Waals surface area contributed by atoms with Crippen LogP contribution in [0.1, 0.15) is 32.8 Å². The zero-order valence-electron chi connectivity index (χ0n) is 22.5. The van der Waals surface area contributed by atoms with E-state index in [1.54, 1.807) is 25.1 Å². The topological polar surface area (TPSA) is 86.8 Å². The average Bonchev–Trinajstić information content (AvgIpc) is 2.93. The molecule has 40 heavy (non-hydrogen) atoms. The maximum absolute atomic E-state index is 14.0. The molecule has 3 aromatic rings. The Morgan fingerprint density at radius 1 is 0.950 bits per heavy atom. The van der Waals surface area contributed by atoms with E-state index in [1.165, 1.54) is 59.5 Å². The van der Waals surface area contributed by atoms with Gasteiger partial charge < -0.3 is 10.2 Å². The van der Waals surface area contributed by atoms with Crippen LogP contribution in [0.25, 0.3) is 0 Å². The molecule has 0 fully saturated rings. The lowest BCUT2D eigenvalue weighted by molar-refractivity contribution is -0.140. The van der Waals surface area contributed by atoms with Crippen LogP contribution in [0.4, 0.5) is 10.1 Å². The van der Waals surface area contributed by atoms with E-state index in [0.29, 0.717) is 12.1 Å². The first-order valence-electron chi connectivity index (χ1n) is 12.8. The highest BCUT2D eigenvalue weighted by atomic mass is 35.5. The molecule has 2 amide bonds. The van der Waals surface area contributed by atoms with E-state index in [2.05, 4.69) is 5.32 Å². The summed E-state index contributed by atoms with van der Waals surface area (Å²) >= 11 is 12.7. The molecule has 0 bridgehead atoms. The van der Waals surface area contributed by atoms with Crippen molar-refractivity contribution in [2.75, 3.05) is 17.4 Å². The van der Waals surface area contributed by atoms with Gasteiger partial charge in [0.25, 0.3) is 10.0 Å². The summed E-state index contributed by atoms with van der Waals surface area (Å²) in [5.41, 5.74) is 0.591. The number of nitrogens with one attached hydrogen (secondary N) is 1. The smallest absolute Gasteiger partial charge is 0.264 e. The highest BCUT2D eigenvalue weighted by Crippen LogP contribution is 2.35. The van der Waals surface area contributed by atoms with Gasteiger partial charge in [-0.1, -0.05) is 80.4 Å². The maximum atomic E-state index is 14.0. The third kappa shape index (κ3) is 7.74. The molecular weight excluding hydrogens is 576 g/mol. The highest BCUT2D eigenvalue weighted by Gasteiger charge is 2.34. The van der Waals surface area contributed by atoms with Gasteiger partial charge in [-0.3, -0.25) is 13.9 Å². The van der Waals surface area contributed by atoms with E-state index < -0.39 is 34.3 Å². The van der Waals surface area contributed by atoms with Crippen LogP contribution in [0.3, 0.4) is 0 Å². The molecule has 1 atom stereocenters. The Labute approximate surface area is 244 Å². The Morgan fingerprint density at radius 3 is 2.20 bits per heavy atom. The highest BCUT2D eigenvalue weighted by molar-refractivity contribution is 7.92. The van der Waals surface area contributed by atoms with Gasteiger partial charge in [0.2, 0.25) is 11.8 Å². The number of nitrogens with zero attached hydrogens (tertiary/aromatic N) is 2. The van der Waals surface area contributed by atoms with Gasteiger partial charge in [-0.25, -0.2) is 12.8 Å². The summed E-state index contributed by atoms with van der Waals surface area (Å²) in [6, 6.07) is 16.8. The monoisotopic (exact) mass is 607 g/mol. The molecule has 0 aromatic heterocycles. The van der Waals surface area contributed by atoms with Gasteiger partial charge in [0, 0.05) is 13.1 Å². The maximum Gasteiger partial charge on any atom is 0.264 e. The molecule has 0 aliphatic rings. The molecule has 0 radical (unpaired) electrons. The molecule has 1 N–H and O–H groups in total. The zero-order chi connectivity index (χ0) is 29.4. The van der Waals surface area contributed by atoms with Crippen molar-refractivity contribution in [3.8, 4) is 0 Å². The number of rotatable bonds is 12. The number of halogens is 3. The molecule has 0 saturated carbocycles. The molecule has 11 heteroatoms. The van der Waals surface area contributed by atoms with Crippen molar-refractivity contribution < 1.29 is 22.4 Å². The van der Waals surface area contributed by atoms with Crippen molar-refractivity contribution >= 4 is 50.7 Å². The van der Waals surface area contributed by atoms with Crippen LogP contribution in [0.2, 0.25) is 10.0 Å². The van der Waals surface area contributed by atoms with Gasteiger partial charge in [-0.05, 0) is 54.3 Å². The van der Waals surface area contributed by atoms with E-state index in [-0.39, 0.29) is 45.4 Å². The molecule has 214 valence electrons. The van der Waals surface area contributed by atoms with Crippen LogP contribution < -0.4 is 9.62 Å². The van der Waals surface area contributed by atoms with Gasteiger partial charge in [0.05, 0.1) is 20.6 Å². The lowest BCUT2D eigenvalue weighted by Gasteiger charge is -2.33. The van der Waals surface area contributed by atoms with Gasteiger partial charge in [-0.15, -0.1) is 0 Å². The summed E-state index contributed by atoms with van der Waals surface area (Å²) in [7, 11) is -4.28. The number of carbonyl (C=O) groups is 2. The quantitative estimate of drug-likeness (QED) is 0.277. The number of anilines is 1. The Balaban J connectivity index is 2.07. The summed E-state index contributed by atoms with van der Waals surface area (Å²) in [4.78, 5) is 28.5. The molecule has 1 unspecified atom stereocenters. The van der Waals surface area contributed by atoms with Crippen LogP contribution in [-0.4, -0.2) is 44.3 Å². The average molecular weight is 609 g/mol. The predicted molar refractivity (Wildman–Crippen MR) is 156 cm³/mol. The second-order valence-corrected chi connectivity index (χ2v) is 12.3. The van der Waals surface area contributed by atoms with Crippen molar-refractivity contribution in [1.82, 2.24) is 10.2 Å². The number of hydrogen-bond donors (Lipinski definition) is 1. The van der Waals surface area contributed by atoms with Crippen molar-refractivity contribution in [3.63, 3.8) is 0 Å². The first-order valence-corrected chi connectivity index (χ1v) is 15.0. The number of hydrogen-bond acceptors (Lipinski definition) is 4. The lowest BCUT2D eigenvalue weighted by Crippen LogP contribution is -2.52. The van der Waals surface area contributed by atoms with E-state index >= 15 is 0 Å². The van der Waals surface area contributed by atoms with Gasteiger partial charge in [0.15, 0.2) is 0 Å². The second-order valence-electron chi connectivity index (χ2n) is 9.61. The summed E-state index contributed by atoms with van der Waals surface area (Å²) < 4.78 is 42.2. The van der Waals surface area contributed by atoms with Crippen LogP contribution in [0.15, 0.2) is 77.7 Å². The largest absolute Gasteiger partial charge is 0.354 e. The number of carbonyl (C=O) groups excluding carboxylic acids is 2. The SMILES string of the molecule is CCC(C(=O)NCC(C)C)N(Cc1ccc(F)cc1)C(=O)CN(c1cccc(Cl)c1Cl)S(=O)(=O)c1ccccc1. The normalized spacial score (nSPS) is 12.2. The number of amides is 2. The summed E-state index contributed by atoms with van der Waals surface area (Å²) in [5, 5.41) is 2.93. The molecule has 3 rings (SSSR count). The van der Waals surface area contributed by atoms with Crippen molar-refractivity contribution in [2.45, 2.75) is 44.7 Å². The van der Waals surface area contributed by atoms with Gasteiger partial charge in [0.1, 0.15) is 18.4 Å². The zero-order valence-corrected chi connectivity index (χ0v) is 24.8. The van der Waals surface area contributed by atoms with Gasteiger partial charge in [-0.2, -0.15) is 0 Å². The van der Waals surface area contributed by atoms with E-state index in [9.17, 15) is 22.4 Å². The van der Waals surface area contributed by atoms with Crippen LogP contribution in [0.5, 0.6) is 0 Å². The fourth-order valence-corrected chi connectivity index (χ4v) is 5.94. The fourth-order valence-electron chi connectivity index (χ4n) is 4.05. The second kappa shape index (κ2) is 14.0. The Morgan fingerprint density at radius 2 is 1.60 bits per heavy atom. The van der Waals surface area contributed by atoms with Crippen LogP contribution in [0, 0.1) is 11.7 Å². The van der Waals surface area contributed by atoms with Crippen molar-refractivity contribution in [3.05, 3.63) is 94.2 Å². The first-order chi connectivity index (χ1) is 18.9. The number of benzene rings is 3. The standard InChI is InChI=1S/C29H32Cl2FN3O4S/c1-4-25(29(37)33-17-20(2)3)34(18-21-13-15-22(32)16-14-21)27(36)19-35(26-12-8-11-24(30)28(26)31)40(38,39)23-9-6-5-7-10-23/h5-16,20,25H,4,17-19H2,1-3H3,(H,33,37). The van der Waals surface area contributed by atoms with Crippen molar-refractivity contribution in [1.29, 1.82) is 0 Å². The minimum absolute atomic E-state index is 0.0189. The summed E-state index contributed by atoms with van der Waals surface area (Å²) in [6.07, 6.45) is 0.264. The molecule has 0 saturated heterocycles. The summed E-state index contributed by atoms with van der Waals surface area (Å²) in [5.74, 6) is -1.28. The third-order valence-corrected chi connectivity index (χ3v) is 8.73. The molecule has 0 heterocycles. The van der Waals surface area contributed by atoms with Crippen LogP contribution in [-0.2, 0) is 26.2 Å². The fraction of sp³-hybridized carbons (Fsp3) is 0.310. The van der Waals surface area contributed by atoms with Crippen molar-refractivity contribution in [2.24, 2.45) is 5.92 Å². The minimum Gasteiger partial charge on any atom is -0.354 e. The third-order valence-electron chi connectivity index (χ3n) is 6.15. The minimum atomic E-state index is -4.28. The number of sulfonamides is 1. The molecule has 0 spiro atoms.